The number of aromatic nitrogens is 2. The summed E-state index contributed by atoms with van der Waals surface area (Å²) in [4.78, 5) is 4.74. The van der Waals surface area contributed by atoms with Crippen molar-refractivity contribution in [3.8, 4) is 0 Å². The Morgan fingerprint density at radius 3 is 2.63 bits per heavy atom. The third kappa shape index (κ3) is 2.32. The molecular weight excluding hydrogens is 258 g/mol. The van der Waals surface area contributed by atoms with Gasteiger partial charge in [-0.1, -0.05) is 6.07 Å². The van der Waals surface area contributed by atoms with Gasteiger partial charge in [0.15, 0.2) is 0 Å². The number of benzene rings is 1. The van der Waals surface area contributed by atoms with Gasteiger partial charge in [-0.25, -0.2) is 9.66 Å². The van der Waals surface area contributed by atoms with Crippen molar-refractivity contribution in [2.24, 2.45) is 0 Å². The molecule has 2 heterocycles. The predicted octanol–water partition coefficient (Wildman–Crippen LogP) is 3.77. The van der Waals surface area contributed by atoms with Gasteiger partial charge in [0.1, 0.15) is 5.82 Å². The minimum Gasteiger partial charge on any atom is -0.311 e. The standard InChI is InChI=1S/C15H20ClN3/c1-11-6-7-14-13(10-11)17-15(12(2)16)19(14)18-8-4-3-5-9-18/h6-7,10,12H,3-5,8-9H2,1-2H3. The van der Waals surface area contributed by atoms with Crippen molar-refractivity contribution in [2.75, 3.05) is 18.1 Å². The molecule has 1 aromatic heterocycles. The summed E-state index contributed by atoms with van der Waals surface area (Å²) in [5.74, 6) is 0.962. The highest BCUT2D eigenvalue weighted by atomic mass is 35.5. The van der Waals surface area contributed by atoms with Crippen LogP contribution in [0.5, 0.6) is 0 Å². The molecule has 0 spiro atoms. The molecule has 3 nitrogen and oxygen atoms in total. The third-order valence-electron chi connectivity index (χ3n) is 3.78. The van der Waals surface area contributed by atoms with Gasteiger partial charge in [-0.05, 0) is 50.8 Å². The molecule has 1 unspecified atom stereocenters. The maximum Gasteiger partial charge on any atom is 0.146 e. The van der Waals surface area contributed by atoms with E-state index in [1.54, 1.807) is 0 Å². The summed E-state index contributed by atoms with van der Waals surface area (Å²) < 4.78 is 2.24. The Morgan fingerprint density at radius 1 is 1.21 bits per heavy atom. The lowest BCUT2D eigenvalue weighted by atomic mass is 10.2. The van der Waals surface area contributed by atoms with E-state index in [2.05, 4.69) is 34.8 Å². The SMILES string of the molecule is Cc1ccc2c(c1)nc(C(C)Cl)n2N1CCCCC1. The molecule has 0 aliphatic carbocycles. The molecule has 1 aliphatic heterocycles. The average Bonchev–Trinajstić information content (AvgIpc) is 2.78. The van der Waals surface area contributed by atoms with Gasteiger partial charge in [-0.3, -0.25) is 0 Å². The van der Waals surface area contributed by atoms with Gasteiger partial charge in [0.25, 0.3) is 0 Å². The van der Waals surface area contributed by atoms with Crippen molar-refractivity contribution in [1.82, 2.24) is 9.66 Å². The molecule has 3 rings (SSSR count). The first kappa shape index (κ1) is 12.8. The first-order chi connectivity index (χ1) is 9.16. The molecule has 19 heavy (non-hydrogen) atoms. The molecule has 4 heteroatoms. The second-order valence-electron chi connectivity index (χ2n) is 5.40. The van der Waals surface area contributed by atoms with Crippen molar-refractivity contribution in [2.45, 2.75) is 38.5 Å². The average molecular weight is 278 g/mol. The van der Waals surface area contributed by atoms with Gasteiger partial charge in [0, 0.05) is 13.1 Å². The van der Waals surface area contributed by atoms with Crippen LogP contribution in [0.15, 0.2) is 18.2 Å². The second kappa shape index (κ2) is 5.04. The molecule has 0 bridgehead atoms. The summed E-state index contributed by atoms with van der Waals surface area (Å²) in [5.41, 5.74) is 3.47. The Bertz CT molecular complexity index is 582. The molecule has 0 amide bonds. The number of imidazole rings is 1. The minimum absolute atomic E-state index is 0.0744. The number of halogens is 1. The maximum absolute atomic E-state index is 6.33. The van der Waals surface area contributed by atoms with Gasteiger partial charge in [-0.15, -0.1) is 11.6 Å². The van der Waals surface area contributed by atoms with E-state index < -0.39 is 0 Å². The van der Waals surface area contributed by atoms with E-state index >= 15 is 0 Å². The first-order valence-electron chi connectivity index (χ1n) is 7.05. The van der Waals surface area contributed by atoms with Crippen molar-refractivity contribution < 1.29 is 0 Å². The fraction of sp³-hybridized carbons (Fsp3) is 0.533. The van der Waals surface area contributed by atoms with E-state index in [-0.39, 0.29) is 5.38 Å². The minimum atomic E-state index is -0.0744. The number of piperidine rings is 1. The predicted molar refractivity (Wildman–Crippen MR) is 80.5 cm³/mol. The number of aryl methyl sites for hydroxylation is 1. The van der Waals surface area contributed by atoms with Crippen molar-refractivity contribution in [1.29, 1.82) is 0 Å². The summed E-state index contributed by atoms with van der Waals surface area (Å²) in [5, 5.41) is 2.32. The van der Waals surface area contributed by atoms with Gasteiger partial charge in [-0.2, -0.15) is 0 Å². The summed E-state index contributed by atoms with van der Waals surface area (Å²) in [6.07, 6.45) is 3.83. The highest BCUT2D eigenvalue weighted by Gasteiger charge is 2.20. The number of alkyl halides is 1. The van der Waals surface area contributed by atoms with E-state index in [4.69, 9.17) is 16.6 Å². The maximum atomic E-state index is 6.33. The van der Waals surface area contributed by atoms with Crippen LogP contribution < -0.4 is 5.01 Å². The molecule has 0 radical (unpaired) electrons. The van der Waals surface area contributed by atoms with E-state index in [0.29, 0.717) is 0 Å². The molecule has 1 aliphatic rings. The smallest absolute Gasteiger partial charge is 0.146 e. The fourth-order valence-corrected chi connectivity index (χ4v) is 2.97. The molecule has 1 fully saturated rings. The van der Waals surface area contributed by atoms with Crippen LogP contribution in [-0.2, 0) is 0 Å². The summed E-state index contributed by atoms with van der Waals surface area (Å²) in [7, 11) is 0. The zero-order chi connectivity index (χ0) is 13.4. The molecule has 102 valence electrons. The van der Waals surface area contributed by atoms with Crippen molar-refractivity contribution in [3.63, 3.8) is 0 Å². The van der Waals surface area contributed by atoms with Crippen LogP contribution in [0.3, 0.4) is 0 Å². The Kier molecular flexibility index (Phi) is 3.40. The molecule has 1 atom stereocenters. The quantitative estimate of drug-likeness (QED) is 0.779. The molecule has 1 saturated heterocycles. The normalized spacial score (nSPS) is 17.9. The van der Waals surface area contributed by atoms with Crippen LogP contribution in [0.25, 0.3) is 11.0 Å². The zero-order valence-electron chi connectivity index (χ0n) is 11.6. The molecule has 1 aromatic carbocycles. The fourth-order valence-electron chi connectivity index (χ4n) is 2.83. The summed E-state index contributed by atoms with van der Waals surface area (Å²) >= 11 is 6.33. The van der Waals surface area contributed by atoms with Crippen LogP contribution in [-0.4, -0.2) is 22.7 Å². The van der Waals surface area contributed by atoms with Crippen molar-refractivity contribution in [3.05, 3.63) is 29.6 Å². The highest BCUT2D eigenvalue weighted by Crippen LogP contribution is 2.26. The lowest BCUT2D eigenvalue weighted by Crippen LogP contribution is -2.40. The zero-order valence-corrected chi connectivity index (χ0v) is 12.3. The third-order valence-corrected chi connectivity index (χ3v) is 3.98. The van der Waals surface area contributed by atoms with Gasteiger partial charge in [0.2, 0.25) is 0 Å². The van der Waals surface area contributed by atoms with Gasteiger partial charge < -0.3 is 5.01 Å². The van der Waals surface area contributed by atoms with E-state index in [1.807, 2.05) is 6.92 Å². The van der Waals surface area contributed by atoms with Gasteiger partial charge in [0.05, 0.1) is 16.4 Å². The largest absolute Gasteiger partial charge is 0.311 e. The Morgan fingerprint density at radius 2 is 1.95 bits per heavy atom. The molecule has 0 N–H and O–H groups in total. The van der Waals surface area contributed by atoms with Crippen LogP contribution in [0, 0.1) is 6.92 Å². The summed E-state index contributed by atoms with van der Waals surface area (Å²) in [6, 6.07) is 6.45. The lowest BCUT2D eigenvalue weighted by Gasteiger charge is -2.31. The van der Waals surface area contributed by atoms with E-state index in [1.165, 1.54) is 30.3 Å². The van der Waals surface area contributed by atoms with Gasteiger partial charge >= 0.3 is 0 Å². The van der Waals surface area contributed by atoms with Crippen molar-refractivity contribution >= 4 is 22.6 Å². The Balaban J connectivity index is 2.15. The number of hydrogen-bond donors (Lipinski definition) is 0. The van der Waals surface area contributed by atoms with Crippen LogP contribution in [0.1, 0.15) is 43.0 Å². The molecule has 0 saturated carbocycles. The number of nitrogens with zero attached hydrogens (tertiary/aromatic N) is 3. The Hall–Kier alpha value is -1.22. The highest BCUT2D eigenvalue weighted by molar-refractivity contribution is 6.20. The first-order valence-corrected chi connectivity index (χ1v) is 7.49. The summed E-state index contributed by atoms with van der Waals surface area (Å²) in [6.45, 7) is 6.28. The van der Waals surface area contributed by atoms with E-state index in [0.717, 1.165) is 24.4 Å². The Labute approximate surface area is 119 Å². The van der Waals surface area contributed by atoms with Crippen LogP contribution >= 0.6 is 11.6 Å². The monoisotopic (exact) mass is 277 g/mol. The number of fused-ring (bicyclic) bond motifs is 1. The van der Waals surface area contributed by atoms with Crippen LogP contribution in [0.2, 0.25) is 0 Å². The number of rotatable bonds is 2. The van der Waals surface area contributed by atoms with E-state index in [9.17, 15) is 0 Å². The molecule has 2 aromatic rings. The topological polar surface area (TPSA) is 21.1 Å². The second-order valence-corrected chi connectivity index (χ2v) is 6.06. The lowest BCUT2D eigenvalue weighted by molar-refractivity contribution is 0.475. The van der Waals surface area contributed by atoms with Crippen LogP contribution in [0.4, 0.5) is 0 Å². The molecular formula is C15H20ClN3. The number of hydrogen-bond acceptors (Lipinski definition) is 2.